The minimum atomic E-state index is -0.795. The number of esters is 1. The van der Waals surface area contributed by atoms with E-state index < -0.39 is 5.79 Å². The molecule has 0 aromatic heterocycles. The van der Waals surface area contributed by atoms with Gasteiger partial charge in [0.1, 0.15) is 5.75 Å². The maximum absolute atomic E-state index is 11.1. The third kappa shape index (κ3) is 3.13. The first kappa shape index (κ1) is 12.2. The lowest BCUT2D eigenvalue weighted by atomic mass is 10.2. The van der Waals surface area contributed by atoms with E-state index in [1.807, 2.05) is 12.1 Å². The van der Waals surface area contributed by atoms with Crippen LogP contribution in [-0.2, 0) is 9.53 Å². The number of hydrogen-bond donors (Lipinski definition) is 0. The average Bonchev–Trinajstić information content (AvgIpc) is 2.65. The summed E-state index contributed by atoms with van der Waals surface area (Å²) in [6, 6.07) is 7.14. The topological polar surface area (TPSA) is 35.5 Å². The Morgan fingerprint density at radius 3 is 2.65 bits per heavy atom. The molecule has 1 aromatic carbocycles. The van der Waals surface area contributed by atoms with Crippen LogP contribution >= 0.6 is 11.6 Å². The zero-order chi connectivity index (χ0) is 12.3. The Labute approximate surface area is 106 Å². The molecule has 0 bridgehead atoms. The third-order valence-corrected chi connectivity index (χ3v) is 3.03. The van der Waals surface area contributed by atoms with Crippen LogP contribution in [0.5, 0.6) is 5.75 Å². The van der Waals surface area contributed by atoms with Gasteiger partial charge >= 0.3 is 5.97 Å². The minimum Gasteiger partial charge on any atom is -0.452 e. The molecule has 0 spiro atoms. The van der Waals surface area contributed by atoms with Gasteiger partial charge in [0.25, 0.3) is 5.79 Å². The van der Waals surface area contributed by atoms with Gasteiger partial charge in [-0.15, -0.1) is 0 Å². The van der Waals surface area contributed by atoms with Crippen LogP contribution in [0.15, 0.2) is 24.3 Å². The molecule has 0 amide bonds. The normalized spacial score (nSPS) is 17.8. The van der Waals surface area contributed by atoms with Crippen LogP contribution in [0.2, 0.25) is 5.02 Å². The van der Waals surface area contributed by atoms with Crippen LogP contribution in [0.1, 0.15) is 32.6 Å². The maximum atomic E-state index is 11.1. The molecule has 0 atom stereocenters. The molecule has 1 aliphatic carbocycles. The van der Waals surface area contributed by atoms with Crippen molar-refractivity contribution in [1.82, 2.24) is 0 Å². The van der Waals surface area contributed by atoms with Gasteiger partial charge in [-0.2, -0.15) is 0 Å². The SMILES string of the molecule is CC(=O)OC1(Oc2cccc(Cl)c2)CCCC1. The van der Waals surface area contributed by atoms with E-state index in [4.69, 9.17) is 21.1 Å². The van der Waals surface area contributed by atoms with Crippen molar-refractivity contribution in [1.29, 1.82) is 0 Å². The van der Waals surface area contributed by atoms with Gasteiger partial charge < -0.3 is 9.47 Å². The molecule has 1 saturated carbocycles. The molecule has 1 fully saturated rings. The molecule has 0 aliphatic heterocycles. The van der Waals surface area contributed by atoms with Gasteiger partial charge in [-0.1, -0.05) is 17.7 Å². The lowest BCUT2D eigenvalue weighted by molar-refractivity contribution is -0.193. The molecule has 0 radical (unpaired) electrons. The van der Waals surface area contributed by atoms with Crippen LogP contribution in [-0.4, -0.2) is 11.8 Å². The summed E-state index contributed by atoms with van der Waals surface area (Å²) >= 11 is 5.89. The molecule has 0 heterocycles. The lowest BCUT2D eigenvalue weighted by Crippen LogP contribution is -2.37. The fraction of sp³-hybridized carbons (Fsp3) is 0.462. The molecule has 0 N–H and O–H groups in total. The minimum absolute atomic E-state index is 0.311. The van der Waals surface area contributed by atoms with Crippen LogP contribution in [0.3, 0.4) is 0 Å². The highest BCUT2D eigenvalue weighted by Crippen LogP contribution is 2.36. The fourth-order valence-electron chi connectivity index (χ4n) is 2.15. The first-order valence-electron chi connectivity index (χ1n) is 5.74. The van der Waals surface area contributed by atoms with Gasteiger partial charge in [-0.05, 0) is 31.0 Å². The van der Waals surface area contributed by atoms with E-state index in [-0.39, 0.29) is 5.97 Å². The standard InChI is InChI=1S/C13H15ClO3/c1-10(15)16-13(7-2-3-8-13)17-12-6-4-5-11(14)9-12/h4-6,9H,2-3,7-8H2,1H3. The summed E-state index contributed by atoms with van der Waals surface area (Å²) in [6.07, 6.45) is 3.49. The Balaban J connectivity index is 2.15. The van der Waals surface area contributed by atoms with Crippen LogP contribution in [0, 0.1) is 0 Å². The Kier molecular flexibility index (Phi) is 3.57. The summed E-state index contributed by atoms with van der Waals surface area (Å²) in [6.45, 7) is 1.40. The van der Waals surface area contributed by atoms with E-state index in [9.17, 15) is 4.79 Å². The number of hydrogen-bond acceptors (Lipinski definition) is 3. The van der Waals surface area contributed by atoms with Gasteiger partial charge in [-0.25, -0.2) is 0 Å². The first-order chi connectivity index (χ1) is 8.10. The molecule has 17 heavy (non-hydrogen) atoms. The molecule has 1 aliphatic rings. The highest BCUT2D eigenvalue weighted by atomic mass is 35.5. The van der Waals surface area contributed by atoms with Crippen molar-refractivity contribution in [2.24, 2.45) is 0 Å². The van der Waals surface area contributed by atoms with Gasteiger partial charge in [0.15, 0.2) is 0 Å². The molecular formula is C13H15ClO3. The Bertz CT molecular complexity index is 411. The molecule has 92 valence electrons. The summed E-state index contributed by atoms with van der Waals surface area (Å²) in [7, 11) is 0. The highest BCUT2D eigenvalue weighted by Gasteiger charge is 2.39. The van der Waals surface area contributed by atoms with E-state index >= 15 is 0 Å². The lowest BCUT2D eigenvalue weighted by Gasteiger charge is -2.29. The quantitative estimate of drug-likeness (QED) is 0.611. The summed E-state index contributed by atoms with van der Waals surface area (Å²) in [4.78, 5) is 11.1. The summed E-state index contributed by atoms with van der Waals surface area (Å²) < 4.78 is 11.2. The zero-order valence-electron chi connectivity index (χ0n) is 9.74. The van der Waals surface area contributed by atoms with Crippen molar-refractivity contribution in [3.05, 3.63) is 29.3 Å². The number of halogens is 1. The number of rotatable bonds is 3. The van der Waals surface area contributed by atoms with Crippen LogP contribution in [0.4, 0.5) is 0 Å². The second-order valence-electron chi connectivity index (χ2n) is 4.27. The molecule has 3 nitrogen and oxygen atoms in total. The predicted octanol–water partition coefficient (Wildman–Crippen LogP) is 3.55. The predicted molar refractivity (Wildman–Crippen MR) is 65.0 cm³/mol. The van der Waals surface area contributed by atoms with Gasteiger partial charge in [0, 0.05) is 24.8 Å². The van der Waals surface area contributed by atoms with E-state index in [0.717, 1.165) is 25.7 Å². The van der Waals surface area contributed by atoms with Crippen LogP contribution in [0.25, 0.3) is 0 Å². The Hall–Kier alpha value is -1.22. The van der Waals surface area contributed by atoms with Gasteiger partial charge in [-0.3, -0.25) is 4.79 Å². The van der Waals surface area contributed by atoms with Crippen molar-refractivity contribution >= 4 is 17.6 Å². The molecule has 1 aromatic rings. The van der Waals surface area contributed by atoms with E-state index in [1.165, 1.54) is 6.92 Å². The number of carbonyl (C=O) groups is 1. The van der Waals surface area contributed by atoms with E-state index in [0.29, 0.717) is 10.8 Å². The van der Waals surface area contributed by atoms with Crippen molar-refractivity contribution < 1.29 is 14.3 Å². The number of benzene rings is 1. The smallest absolute Gasteiger partial charge is 0.305 e. The van der Waals surface area contributed by atoms with Gasteiger partial charge in [0.05, 0.1) is 0 Å². The largest absolute Gasteiger partial charge is 0.452 e. The molecule has 4 heteroatoms. The number of ether oxygens (including phenoxy) is 2. The molecule has 2 rings (SSSR count). The Morgan fingerprint density at radius 2 is 2.06 bits per heavy atom. The third-order valence-electron chi connectivity index (χ3n) is 2.80. The van der Waals surface area contributed by atoms with Crippen molar-refractivity contribution in [2.75, 3.05) is 0 Å². The van der Waals surface area contributed by atoms with Crippen molar-refractivity contribution in [3.63, 3.8) is 0 Å². The summed E-state index contributed by atoms with van der Waals surface area (Å²) in [5, 5.41) is 0.610. The number of carbonyl (C=O) groups excluding carboxylic acids is 1. The maximum Gasteiger partial charge on any atom is 0.305 e. The zero-order valence-corrected chi connectivity index (χ0v) is 10.5. The highest BCUT2D eigenvalue weighted by molar-refractivity contribution is 6.30. The summed E-state index contributed by atoms with van der Waals surface area (Å²) in [5.74, 6) is -0.467. The molecule has 0 unspecified atom stereocenters. The fourth-order valence-corrected chi connectivity index (χ4v) is 2.33. The Morgan fingerprint density at radius 1 is 1.35 bits per heavy atom. The van der Waals surface area contributed by atoms with Gasteiger partial charge in [0.2, 0.25) is 0 Å². The summed E-state index contributed by atoms with van der Waals surface area (Å²) in [5.41, 5.74) is 0. The molecular weight excluding hydrogens is 240 g/mol. The van der Waals surface area contributed by atoms with Crippen molar-refractivity contribution in [3.8, 4) is 5.75 Å². The first-order valence-corrected chi connectivity index (χ1v) is 6.12. The second-order valence-corrected chi connectivity index (χ2v) is 4.71. The molecule has 0 saturated heterocycles. The average molecular weight is 255 g/mol. The second kappa shape index (κ2) is 4.96. The monoisotopic (exact) mass is 254 g/mol. The van der Waals surface area contributed by atoms with E-state index in [2.05, 4.69) is 0 Å². The van der Waals surface area contributed by atoms with Crippen LogP contribution < -0.4 is 4.74 Å². The van der Waals surface area contributed by atoms with Crippen molar-refractivity contribution in [2.45, 2.75) is 38.4 Å². The van der Waals surface area contributed by atoms with E-state index in [1.54, 1.807) is 12.1 Å².